The van der Waals surface area contributed by atoms with E-state index >= 15 is 0 Å². The first-order valence-electron chi connectivity index (χ1n) is 7.66. The predicted molar refractivity (Wildman–Crippen MR) is 81.2 cm³/mol. The lowest BCUT2D eigenvalue weighted by Crippen LogP contribution is -2.28. The Morgan fingerprint density at radius 1 is 1.23 bits per heavy atom. The van der Waals surface area contributed by atoms with E-state index in [1.165, 1.54) is 11.1 Å². The van der Waals surface area contributed by atoms with Crippen molar-refractivity contribution < 1.29 is 5.11 Å². The molecule has 5 rings (SSSR count). The molecule has 22 heavy (non-hydrogen) atoms. The zero-order valence-corrected chi connectivity index (χ0v) is 12.0. The number of benzene rings is 1. The van der Waals surface area contributed by atoms with Crippen LogP contribution in [0.3, 0.4) is 0 Å². The number of aromatic nitrogens is 4. The van der Waals surface area contributed by atoms with Crippen LogP contribution in [0, 0.1) is 5.92 Å². The second-order valence-electron chi connectivity index (χ2n) is 6.17. The fraction of sp³-hybridized carbons (Fsp3) is 0.294. The van der Waals surface area contributed by atoms with Crippen LogP contribution in [0.25, 0.3) is 11.3 Å². The molecule has 110 valence electrons. The maximum absolute atomic E-state index is 10.9. The first-order valence-corrected chi connectivity index (χ1v) is 7.66. The standard InChI is InChI=1S/C17H16N4O/c22-17-13(6-5-10-7-19-20-15(10)17)16-12-4-2-1-3-11(12)14-8-18-9-21(14)16/h1-4,7-9,13,16-17,22H,5-6H2,(H,19,20)/t13-,16+,17-/m0/s1. The maximum Gasteiger partial charge on any atom is 0.101 e. The molecule has 0 spiro atoms. The molecule has 0 saturated carbocycles. The molecule has 2 aromatic heterocycles. The molecule has 0 bridgehead atoms. The molecule has 1 aliphatic carbocycles. The smallest absolute Gasteiger partial charge is 0.101 e. The minimum atomic E-state index is -0.516. The Morgan fingerprint density at radius 3 is 3.09 bits per heavy atom. The van der Waals surface area contributed by atoms with Gasteiger partial charge in [-0.05, 0) is 24.0 Å². The van der Waals surface area contributed by atoms with Crippen molar-refractivity contribution in [1.29, 1.82) is 0 Å². The van der Waals surface area contributed by atoms with Crippen molar-refractivity contribution in [1.82, 2.24) is 19.7 Å². The Bertz CT molecular complexity index is 850. The van der Waals surface area contributed by atoms with Gasteiger partial charge < -0.3 is 9.67 Å². The Labute approximate surface area is 127 Å². The summed E-state index contributed by atoms with van der Waals surface area (Å²) >= 11 is 0. The monoisotopic (exact) mass is 292 g/mol. The first-order chi connectivity index (χ1) is 10.8. The molecular formula is C17H16N4O. The molecule has 1 aromatic carbocycles. The zero-order chi connectivity index (χ0) is 14.7. The summed E-state index contributed by atoms with van der Waals surface area (Å²) in [6, 6.07) is 8.58. The molecule has 0 unspecified atom stereocenters. The van der Waals surface area contributed by atoms with E-state index in [1.807, 2.05) is 18.7 Å². The van der Waals surface area contributed by atoms with Crippen molar-refractivity contribution >= 4 is 0 Å². The number of hydrogen-bond acceptors (Lipinski definition) is 3. The zero-order valence-electron chi connectivity index (χ0n) is 12.0. The lowest BCUT2D eigenvalue weighted by atomic mass is 9.78. The number of H-pyrrole nitrogens is 1. The lowest BCUT2D eigenvalue weighted by Gasteiger charge is -2.33. The third kappa shape index (κ3) is 1.46. The Hall–Kier alpha value is -2.40. The Kier molecular flexibility index (Phi) is 2.38. The molecule has 0 saturated heterocycles. The largest absolute Gasteiger partial charge is 0.386 e. The highest BCUT2D eigenvalue weighted by Gasteiger charge is 2.41. The molecule has 2 aliphatic rings. The fourth-order valence-corrected chi connectivity index (χ4v) is 4.11. The van der Waals surface area contributed by atoms with Crippen LogP contribution < -0.4 is 0 Å². The third-order valence-corrected chi connectivity index (χ3v) is 5.13. The van der Waals surface area contributed by atoms with E-state index in [4.69, 9.17) is 0 Å². The van der Waals surface area contributed by atoms with E-state index in [0.29, 0.717) is 0 Å². The number of hydrogen-bond donors (Lipinski definition) is 2. The summed E-state index contributed by atoms with van der Waals surface area (Å²) in [5, 5.41) is 17.9. The SMILES string of the molecule is O[C@@H]1c2[nH]ncc2CC[C@H]1[C@H]1c2ccccc2-c2cncn21. The van der Waals surface area contributed by atoms with Crippen molar-refractivity contribution in [2.75, 3.05) is 0 Å². The van der Waals surface area contributed by atoms with Crippen molar-refractivity contribution in [2.24, 2.45) is 5.92 Å². The van der Waals surface area contributed by atoms with Crippen LogP contribution in [0.15, 0.2) is 43.0 Å². The second-order valence-corrected chi connectivity index (χ2v) is 6.17. The van der Waals surface area contributed by atoms with Crippen molar-refractivity contribution in [3.8, 4) is 11.3 Å². The van der Waals surface area contributed by atoms with Gasteiger partial charge in [0.05, 0.1) is 36.2 Å². The van der Waals surface area contributed by atoms with Gasteiger partial charge in [-0.3, -0.25) is 5.10 Å². The number of fused-ring (bicyclic) bond motifs is 4. The summed E-state index contributed by atoms with van der Waals surface area (Å²) in [6.45, 7) is 0. The average molecular weight is 292 g/mol. The van der Waals surface area contributed by atoms with Gasteiger partial charge in [0.1, 0.15) is 6.10 Å². The van der Waals surface area contributed by atoms with E-state index in [-0.39, 0.29) is 12.0 Å². The van der Waals surface area contributed by atoms with Crippen LogP contribution in [-0.2, 0) is 6.42 Å². The van der Waals surface area contributed by atoms with Gasteiger partial charge in [0, 0.05) is 11.5 Å². The quantitative estimate of drug-likeness (QED) is 0.724. The third-order valence-electron chi connectivity index (χ3n) is 5.13. The summed E-state index contributed by atoms with van der Waals surface area (Å²) in [5.41, 5.74) is 5.67. The van der Waals surface area contributed by atoms with E-state index < -0.39 is 6.10 Å². The van der Waals surface area contributed by atoms with Gasteiger partial charge in [-0.15, -0.1) is 0 Å². The number of imidazole rings is 1. The maximum atomic E-state index is 10.9. The van der Waals surface area contributed by atoms with Gasteiger partial charge in [0.2, 0.25) is 0 Å². The number of aromatic amines is 1. The second kappa shape index (κ2) is 4.30. The summed E-state index contributed by atoms with van der Waals surface area (Å²) in [4.78, 5) is 4.31. The highest BCUT2D eigenvalue weighted by atomic mass is 16.3. The van der Waals surface area contributed by atoms with Crippen molar-refractivity contribution in [2.45, 2.75) is 25.0 Å². The molecule has 3 heterocycles. The highest BCUT2D eigenvalue weighted by Crippen LogP contribution is 2.49. The number of nitrogens with zero attached hydrogens (tertiary/aromatic N) is 3. The van der Waals surface area contributed by atoms with Crippen LogP contribution in [0.1, 0.15) is 35.4 Å². The van der Waals surface area contributed by atoms with Gasteiger partial charge in [-0.1, -0.05) is 24.3 Å². The average Bonchev–Trinajstić information content (AvgIpc) is 3.23. The predicted octanol–water partition coefficient (Wildman–Crippen LogP) is 2.47. The number of nitrogens with one attached hydrogen (secondary N) is 1. The number of aliphatic hydroxyl groups excluding tert-OH is 1. The van der Waals surface area contributed by atoms with E-state index in [1.54, 1.807) is 0 Å². The minimum Gasteiger partial charge on any atom is -0.386 e. The molecule has 1 aliphatic heterocycles. The molecule has 0 fully saturated rings. The van der Waals surface area contributed by atoms with E-state index in [2.05, 4.69) is 44.0 Å². The topological polar surface area (TPSA) is 66.7 Å². The number of aliphatic hydroxyl groups is 1. The van der Waals surface area contributed by atoms with Crippen LogP contribution >= 0.6 is 0 Å². The molecule has 0 amide bonds. The van der Waals surface area contributed by atoms with Gasteiger partial charge in [0.15, 0.2) is 0 Å². The van der Waals surface area contributed by atoms with Crippen LogP contribution in [0.2, 0.25) is 0 Å². The number of rotatable bonds is 1. The molecular weight excluding hydrogens is 276 g/mol. The summed E-state index contributed by atoms with van der Waals surface area (Å²) in [5.74, 6) is 0.129. The van der Waals surface area contributed by atoms with Crippen LogP contribution in [-0.4, -0.2) is 24.9 Å². The Morgan fingerprint density at radius 2 is 2.14 bits per heavy atom. The molecule has 5 nitrogen and oxygen atoms in total. The van der Waals surface area contributed by atoms with Gasteiger partial charge in [0.25, 0.3) is 0 Å². The van der Waals surface area contributed by atoms with E-state index in [9.17, 15) is 5.11 Å². The first kappa shape index (κ1) is 12.2. The summed E-state index contributed by atoms with van der Waals surface area (Å²) < 4.78 is 2.21. The van der Waals surface area contributed by atoms with Crippen LogP contribution in [0.4, 0.5) is 0 Å². The highest BCUT2D eigenvalue weighted by molar-refractivity contribution is 5.69. The molecule has 0 radical (unpaired) electrons. The lowest BCUT2D eigenvalue weighted by molar-refractivity contribution is 0.0684. The molecule has 5 heteroatoms. The Balaban J connectivity index is 1.65. The molecule has 3 atom stereocenters. The van der Waals surface area contributed by atoms with Crippen molar-refractivity contribution in [3.63, 3.8) is 0 Å². The van der Waals surface area contributed by atoms with Gasteiger partial charge >= 0.3 is 0 Å². The number of aryl methyl sites for hydroxylation is 1. The molecule has 2 N–H and O–H groups in total. The summed E-state index contributed by atoms with van der Waals surface area (Å²) in [7, 11) is 0. The van der Waals surface area contributed by atoms with Gasteiger partial charge in [-0.2, -0.15) is 5.10 Å². The molecule has 3 aromatic rings. The van der Waals surface area contributed by atoms with Crippen LogP contribution in [0.5, 0.6) is 0 Å². The minimum absolute atomic E-state index is 0.129. The summed E-state index contributed by atoms with van der Waals surface area (Å²) in [6.07, 6.45) is 7.02. The normalized spacial score (nSPS) is 25.6. The fourth-order valence-electron chi connectivity index (χ4n) is 4.11. The van der Waals surface area contributed by atoms with Gasteiger partial charge in [-0.25, -0.2) is 4.98 Å². The van der Waals surface area contributed by atoms with Crippen molar-refractivity contribution in [3.05, 3.63) is 59.8 Å². The van der Waals surface area contributed by atoms with E-state index in [0.717, 1.165) is 29.8 Å².